The van der Waals surface area contributed by atoms with Crippen LogP contribution in [-0.2, 0) is 6.54 Å². The molecular weight excluding hydrogens is 372 g/mol. The van der Waals surface area contributed by atoms with Crippen LogP contribution in [0.4, 0.5) is 5.69 Å². The number of hydrogen-bond donors (Lipinski definition) is 2. The first kappa shape index (κ1) is 16.3. The number of benzene rings is 1. The molecule has 0 atom stereocenters. The normalized spacial score (nSPS) is 10.4. The van der Waals surface area contributed by atoms with Gasteiger partial charge in [0.25, 0.3) is 0 Å². The number of hydrogen-bond acceptors (Lipinski definition) is 2. The van der Waals surface area contributed by atoms with Crippen LogP contribution >= 0.6 is 39.7 Å². The van der Waals surface area contributed by atoms with E-state index < -0.39 is 0 Å². The van der Waals surface area contributed by atoms with Gasteiger partial charge in [0.2, 0.25) is 0 Å². The number of nitrogens with one attached hydrogen (secondary N) is 2. The summed E-state index contributed by atoms with van der Waals surface area (Å²) < 4.78 is 2.91. The van der Waals surface area contributed by atoms with E-state index in [0.29, 0.717) is 10.1 Å². The van der Waals surface area contributed by atoms with Crippen molar-refractivity contribution in [1.29, 1.82) is 0 Å². The second-order valence-corrected chi connectivity index (χ2v) is 6.29. The van der Waals surface area contributed by atoms with Crippen molar-refractivity contribution >= 4 is 50.5 Å². The summed E-state index contributed by atoms with van der Waals surface area (Å²) >= 11 is 14.8. The third-order valence-electron chi connectivity index (χ3n) is 2.94. The summed E-state index contributed by atoms with van der Waals surface area (Å²) in [6.07, 6.45) is 2.75. The zero-order valence-electron chi connectivity index (χ0n) is 11.6. The highest BCUT2D eigenvalue weighted by molar-refractivity contribution is 9.10. The summed E-state index contributed by atoms with van der Waals surface area (Å²) in [5.74, 6) is 0. The Bertz CT molecular complexity index is 629. The number of anilines is 1. The zero-order valence-corrected chi connectivity index (χ0v) is 14.7. The highest BCUT2D eigenvalue weighted by atomic mass is 79.9. The molecule has 21 heavy (non-hydrogen) atoms. The summed E-state index contributed by atoms with van der Waals surface area (Å²) in [7, 11) is 0. The third-order valence-corrected chi connectivity index (χ3v) is 3.99. The van der Waals surface area contributed by atoms with Crippen LogP contribution in [0.3, 0.4) is 0 Å². The molecule has 0 saturated carbocycles. The van der Waals surface area contributed by atoms with E-state index >= 15 is 0 Å². The van der Waals surface area contributed by atoms with E-state index in [0.717, 1.165) is 35.4 Å². The zero-order chi connectivity index (χ0) is 15.2. The molecule has 2 aromatic rings. The van der Waals surface area contributed by atoms with Gasteiger partial charge in [-0.2, -0.15) is 5.10 Å². The summed E-state index contributed by atoms with van der Waals surface area (Å²) in [6, 6.07) is 7.62. The van der Waals surface area contributed by atoms with Crippen LogP contribution in [0.25, 0.3) is 0 Å². The molecule has 2 N–H and O–H groups in total. The van der Waals surface area contributed by atoms with Crippen molar-refractivity contribution in [2.24, 2.45) is 0 Å². The Morgan fingerprint density at radius 2 is 2.24 bits per heavy atom. The minimum absolute atomic E-state index is 0.566. The molecule has 2 rings (SSSR count). The molecule has 0 saturated heterocycles. The first-order chi connectivity index (χ1) is 10.1. The molecule has 0 bridgehead atoms. The number of rotatable bonds is 5. The van der Waals surface area contributed by atoms with Crippen LogP contribution in [0.15, 0.2) is 34.9 Å². The molecule has 0 spiro atoms. The molecule has 0 amide bonds. The van der Waals surface area contributed by atoms with Crippen LogP contribution in [0.1, 0.15) is 12.1 Å². The monoisotopic (exact) mass is 386 g/mol. The molecule has 1 heterocycles. The number of nitrogens with zero attached hydrogens (tertiary/aromatic N) is 2. The van der Waals surface area contributed by atoms with Crippen molar-refractivity contribution in [2.45, 2.75) is 19.9 Å². The van der Waals surface area contributed by atoms with Crippen molar-refractivity contribution in [1.82, 2.24) is 15.1 Å². The average Bonchev–Trinajstić information content (AvgIpc) is 2.84. The van der Waals surface area contributed by atoms with Crippen molar-refractivity contribution in [3.8, 4) is 0 Å². The lowest BCUT2D eigenvalue weighted by Gasteiger charge is -2.12. The van der Waals surface area contributed by atoms with E-state index in [1.807, 2.05) is 42.1 Å². The Labute approximate surface area is 143 Å². The molecule has 1 aromatic heterocycles. The predicted molar refractivity (Wildman–Crippen MR) is 95.0 cm³/mol. The molecule has 1 aromatic carbocycles. The van der Waals surface area contributed by atoms with E-state index in [1.165, 1.54) is 0 Å². The topological polar surface area (TPSA) is 41.9 Å². The lowest BCUT2D eigenvalue weighted by molar-refractivity contribution is 0.561. The Kier molecular flexibility index (Phi) is 6.02. The smallest absolute Gasteiger partial charge is 0.170 e. The van der Waals surface area contributed by atoms with Crippen molar-refractivity contribution < 1.29 is 0 Å². The van der Waals surface area contributed by atoms with Crippen LogP contribution in [0.2, 0.25) is 5.02 Å². The van der Waals surface area contributed by atoms with E-state index in [2.05, 4.69) is 31.7 Å². The van der Waals surface area contributed by atoms with Gasteiger partial charge in [-0.05, 0) is 49.8 Å². The molecule has 0 unspecified atom stereocenters. The van der Waals surface area contributed by atoms with Crippen LogP contribution in [-0.4, -0.2) is 21.4 Å². The van der Waals surface area contributed by atoms with Gasteiger partial charge in [0.05, 0.1) is 10.7 Å². The summed E-state index contributed by atoms with van der Waals surface area (Å²) in [6.45, 7) is 3.69. The number of halogens is 2. The highest BCUT2D eigenvalue weighted by Gasteiger charge is 2.03. The van der Waals surface area contributed by atoms with Crippen molar-refractivity contribution in [3.05, 3.63) is 45.7 Å². The summed E-state index contributed by atoms with van der Waals surface area (Å²) in [5, 5.41) is 11.7. The summed E-state index contributed by atoms with van der Waals surface area (Å²) in [5.41, 5.74) is 1.96. The van der Waals surface area contributed by atoms with Gasteiger partial charge in [-0.3, -0.25) is 4.68 Å². The summed E-state index contributed by atoms with van der Waals surface area (Å²) in [4.78, 5) is 0. The third kappa shape index (κ3) is 4.98. The number of aromatic nitrogens is 2. The maximum absolute atomic E-state index is 6.13. The quantitative estimate of drug-likeness (QED) is 0.601. The second-order valence-electron chi connectivity index (χ2n) is 4.55. The van der Waals surface area contributed by atoms with Gasteiger partial charge in [0.15, 0.2) is 5.11 Å². The molecule has 0 aliphatic carbocycles. The second kappa shape index (κ2) is 7.77. The van der Waals surface area contributed by atoms with Crippen LogP contribution in [0.5, 0.6) is 0 Å². The fraction of sp³-hybridized carbons (Fsp3) is 0.286. The molecule has 7 heteroatoms. The number of thiocarbonyl (C=S) groups is 1. The lowest BCUT2D eigenvalue weighted by Crippen LogP contribution is -2.30. The SMILES string of the molecule is Cc1ccnn1CCCNC(=S)Nc1ccc(Br)cc1Cl. The molecule has 0 radical (unpaired) electrons. The van der Waals surface area contributed by atoms with Gasteiger partial charge in [0.1, 0.15) is 0 Å². The molecule has 0 aliphatic heterocycles. The molecule has 0 fully saturated rings. The first-order valence-corrected chi connectivity index (χ1v) is 8.12. The molecule has 4 nitrogen and oxygen atoms in total. The molecule has 112 valence electrons. The van der Waals surface area contributed by atoms with Crippen molar-refractivity contribution in [2.75, 3.05) is 11.9 Å². The lowest BCUT2D eigenvalue weighted by atomic mass is 10.3. The van der Waals surface area contributed by atoms with Crippen molar-refractivity contribution in [3.63, 3.8) is 0 Å². The maximum atomic E-state index is 6.13. The van der Waals surface area contributed by atoms with Gasteiger partial charge < -0.3 is 10.6 Å². The van der Waals surface area contributed by atoms with Gasteiger partial charge in [-0.25, -0.2) is 0 Å². The minimum Gasteiger partial charge on any atom is -0.362 e. The Morgan fingerprint density at radius 3 is 2.90 bits per heavy atom. The van der Waals surface area contributed by atoms with Crippen LogP contribution < -0.4 is 10.6 Å². The fourth-order valence-electron chi connectivity index (χ4n) is 1.82. The van der Waals surface area contributed by atoms with Gasteiger partial charge in [0, 0.05) is 29.5 Å². The fourth-order valence-corrected chi connectivity index (χ4v) is 2.75. The minimum atomic E-state index is 0.566. The van der Waals surface area contributed by atoms with E-state index in [9.17, 15) is 0 Å². The van der Waals surface area contributed by atoms with E-state index in [4.69, 9.17) is 23.8 Å². The standard InChI is InChI=1S/C14H16BrClN4S/c1-10-5-7-18-20(10)8-2-6-17-14(21)19-13-4-3-11(15)9-12(13)16/h3-5,7,9H,2,6,8H2,1H3,(H2,17,19,21). The Balaban J connectivity index is 1.73. The van der Waals surface area contributed by atoms with Gasteiger partial charge in [-0.1, -0.05) is 27.5 Å². The van der Waals surface area contributed by atoms with Gasteiger partial charge >= 0.3 is 0 Å². The Hall–Kier alpha value is -1.11. The molecular formula is C14H16BrClN4S. The number of aryl methyl sites for hydroxylation is 2. The van der Waals surface area contributed by atoms with E-state index in [1.54, 1.807) is 0 Å². The first-order valence-electron chi connectivity index (χ1n) is 6.54. The molecule has 0 aliphatic rings. The van der Waals surface area contributed by atoms with E-state index in [-0.39, 0.29) is 0 Å². The predicted octanol–water partition coefficient (Wildman–Crippen LogP) is 3.98. The largest absolute Gasteiger partial charge is 0.362 e. The maximum Gasteiger partial charge on any atom is 0.170 e. The highest BCUT2D eigenvalue weighted by Crippen LogP contribution is 2.25. The van der Waals surface area contributed by atoms with Crippen LogP contribution in [0, 0.1) is 6.92 Å². The Morgan fingerprint density at radius 1 is 1.43 bits per heavy atom. The average molecular weight is 388 g/mol. The van der Waals surface area contributed by atoms with Gasteiger partial charge in [-0.15, -0.1) is 0 Å².